The number of anilines is 1. The van der Waals surface area contributed by atoms with E-state index in [1.807, 2.05) is 13.0 Å². The van der Waals surface area contributed by atoms with Crippen molar-refractivity contribution in [1.29, 1.82) is 0 Å². The molecule has 0 fully saturated rings. The summed E-state index contributed by atoms with van der Waals surface area (Å²) in [6.45, 7) is 1.82. The summed E-state index contributed by atoms with van der Waals surface area (Å²) < 4.78 is 52.8. The highest BCUT2D eigenvalue weighted by molar-refractivity contribution is 9.10. The molecule has 0 radical (unpaired) electrons. The Morgan fingerprint density at radius 2 is 1.81 bits per heavy atom. The summed E-state index contributed by atoms with van der Waals surface area (Å²) >= 11 is 2.90. The third-order valence-electron chi connectivity index (χ3n) is 2.95. The number of nitrogens with zero attached hydrogens (tertiary/aromatic N) is 1. The van der Waals surface area contributed by atoms with Gasteiger partial charge in [-0.2, -0.15) is 0 Å². The van der Waals surface area contributed by atoms with Gasteiger partial charge in [0.2, 0.25) is 0 Å². The Kier molecular flexibility index (Phi) is 4.34. The largest absolute Gasteiger partial charge is 0.269 e. The zero-order valence-corrected chi connectivity index (χ0v) is 13.7. The molecule has 21 heavy (non-hydrogen) atoms. The van der Waals surface area contributed by atoms with Crippen molar-refractivity contribution in [3.05, 3.63) is 58.1 Å². The van der Waals surface area contributed by atoms with Crippen molar-refractivity contribution in [3.8, 4) is 0 Å². The van der Waals surface area contributed by atoms with E-state index < -0.39 is 26.6 Å². The molecule has 0 saturated heterocycles. The third kappa shape index (κ3) is 3.08. The second-order valence-electron chi connectivity index (χ2n) is 4.51. The van der Waals surface area contributed by atoms with E-state index in [1.165, 1.54) is 7.05 Å². The minimum absolute atomic E-state index is 0.153. The predicted molar refractivity (Wildman–Crippen MR) is 80.8 cm³/mol. The van der Waals surface area contributed by atoms with Crippen molar-refractivity contribution in [2.24, 2.45) is 0 Å². The molecule has 0 aliphatic carbocycles. The van der Waals surface area contributed by atoms with Crippen molar-refractivity contribution in [2.75, 3.05) is 11.4 Å². The number of halogens is 3. The number of benzene rings is 2. The molecule has 3 nitrogen and oxygen atoms in total. The third-order valence-corrected chi connectivity index (χ3v) is 5.70. The Hall–Kier alpha value is -1.47. The van der Waals surface area contributed by atoms with Crippen LogP contribution in [0.5, 0.6) is 0 Å². The van der Waals surface area contributed by atoms with Crippen molar-refractivity contribution >= 4 is 31.6 Å². The summed E-state index contributed by atoms with van der Waals surface area (Å²) in [6, 6.07) is 8.24. The lowest BCUT2D eigenvalue weighted by molar-refractivity contribution is 0.546. The van der Waals surface area contributed by atoms with Gasteiger partial charge in [-0.1, -0.05) is 12.1 Å². The lowest BCUT2D eigenvalue weighted by atomic mass is 10.2. The van der Waals surface area contributed by atoms with E-state index in [4.69, 9.17) is 0 Å². The fourth-order valence-electron chi connectivity index (χ4n) is 1.87. The molecular formula is C14H12BrF2NO2S. The van der Waals surface area contributed by atoms with E-state index in [0.29, 0.717) is 11.8 Å². The monoisotopic (exact) mass is 375 g/mol. The Bertz CT molecular complexity index is 770. The normalized spacial score (nSPS) is 11.5. The van der Waals surface area contributed by atoms with Gasteiger partial charge in [0.25, 0.3) is 10.0 Å². The molecular weight excluding hydrogens is 364 g/mol. The van der Waals surface area contributed by atoms with E-state index in [-0.39, 0.29) is 4.47 Å². The highest BCUT2D eigenvalue weighted by Gasteiger charge is 2.28. The van der Waals surface area contributed by atoms with E-state index in [1.54, 1.807) is 18.2 Å². The van der Waals surface area contributed by atoms with Gasteiger partial charge in [-0.3, -0.25) is 4.31 Å². The van der Waals surface area contributed by atoms with Crippen LogP contribution in [-0.2, 0) is 10.0 Å². The SMILES string of the molecule is Cc1cccc(N(C)S(=O)(=O)c2c(F)cc(F)cc2Br)c1. The summed E-state index contributed by atoms with van der Waals surface area (Å²) in [6.07, 6.45) is 0. The van der Waals surface area contributed by atoms with Crippen molar-refractivity contribution < 1.29 is 17.2 Å². The van der Waals surface area contributed by atoms with E-state index >= 15 is 0 Å². The van der Waals surface area contributed by atoms with E-state index in [2.05, 4.69) is 15.9 Å². The first-order valence-corrected chi connectivity index (χ1v) is 8.17. The molecule has 0 heterocycles. The van der Waals surface area contributed by atoms with Crippen LogP contribution in [-0.4, -0.2) is 15.5 Å². The average Bonchev–Trinajstić information content (AvgIpc) is 2.36. The Labute approximate surface area is 130 Å². The minimum Gasteiger partial charge on any atom is -0.269 e. The topological polar surface area (TPSA) is 37.4 Å². The summed E-state index contributed by atoms with van der Waals surface area (Å²) in [4.78, 5) is -0.590. The van der Waals surface area contributed by atoms with Gasteiger partial charge in [-0.15, -0.1) is 0 Å². The van der Waals surface area contributed by atoms with Crippen LogP contribution in [0.1, 0.15) is 5.56 Å². The second kappa shape index (κ2) is 5.73. The molecule has 0 N–H and O–H groups in total. The Morgan fingerprint density at radius 1 is 1.14 bits per heavy atom. The fourth-order valence-corrected chi connectivity index (χ4v) is 4.17. The van der Waals surface area contributed by atoms with Crippen LogP contribution in [0.2, 0.25) is 0 Å². The molecule has 0 spiro atoms. The van der Waals surface area contributed by atoms with E-state index in [9.17, 15) is 17.2 Å². The van der Waals surface area contributed by atoms with Crippen molar-refractivity contribution in [2.45, 2.75) is 11.8 Å². The molecule has 112 valence electrons. The zero-order valence-electron chi connectivity index (χ0n) is 11.3. The van der Waals surface area contributed by atoms with Gasteiger partial charge in [0.1, 0.15) is 16.5 Å². The number of sulfonamides is 1. The summed E-state index contributed by atoms with van der Waals surface area (Å²) in [5.74, 6) is -1.99. The molecule has 0 unspecified atom stereocenters. The minimum atomic E-state index is -4.14. The first kappa shape index (κ1) is 15.9. The summed E-state index contributed by atoms with van der Waals surface area (Å²) in [7, 11) is -2.82. The van der Waals surface area contributed by atoms with Crippen molar-refractivity contribution in [1.82, 2.24) is 0 Å². The lowest BCUT2D eigenvalue weighted by Gasteiger charge is -2.21. The Morgan fingerprint density at radius 3 is 2.38 bits per heavy atom. The first-order chi connectivity index (χ1) is 9.73. The highest BCUT2D eigenvalue weighted by atomic mass is 79.9. The van der Waals surface area contributed by atoms with Gasteiger partial charge >= 0.3 is 0 Å². The van der Waals surface area contributed by atoms with Crippen LogP contribution in [0.25, 0.3) is 0 Å². The molecule has 0 bridgehead atoms. The van der Waals surface area contributed by atoms with Crippen LogP contribution in [0.4, 0.5) is 14.5 Å². The van der Waals surface area contributed by atoms with E-state index in [0.717, 1.165) is 15.9 Å². The van der Waals surface area contributed by atoms with Gasteiger partial charge in [0.15, 0.2) is 0 Å². The van der Waals surface area contributed by atoms with Crippen LogP contribution in [0.15, 0.2) is 45.8 Å². The van der Waals surface area contributed by atoms with Gasteiger partial charge < -0.3 is 0 Å². The lowest BCUT2D eigenvalue weighted by Crippen LogP contribution is -2.27. The van der Waals surface area contributed by atoms with Gasteiger partial charge in [-0.25, -0.2) is 17.2 Å². The number of rotatable bonds is 3. The zero-order chi connectivity index (χ0) is 15.8. The molecule has 2 aromatic rings. The van der Waals surface area contributed by atoms with Gasteiger partial charge in [0, 0.05) is 17.6 Å². The van der Waals surface area contributed by atoms with Gasteiger partial charge in [-0.05, 0) is 46.6 Å². The quantitative estimate of drug-likeness (QED) is 0.816. The summed E-state index contributed by atoms with van der Waals surface area (Å²) in [5, 5.41) is 0. The molecule has 0 aliphatic heterocycles. The smallest absolute Gasteiger partial charge is 0.268 e. The predicted octanol–water partition coefficient (Wildman–Crippen LogP) is 3.86. The molecule has 0 saturated carbocycles. The van der Waals surface area contributed by atoms with Crippen molar-refractivity contribution in [3.63, 3.8) is 0 Å². The van der Waals surface area contributed by atoms with Crippen LogP contribution in [0, 0.1) is 18.6 Å². The molecule has 2 rings (SSSR count). The first-order valence-electron chi connectivity index (χ1n) is 5.93. The number of aryl methyl sites for hydroxylation is 1. The van der Waals surface area contributed by atoms with Crippen LogP contribution >= 0.6 is 15.9 Å². The maximum Gasteiger partial charge on any atom is 0.268 e. The molecule has 0 aromatic heterocycles. The second-order valence-corrected chi connectivity index (χ2v) is 7.27. The van der Waals surface area contributed by atoms with Crippen LogP contribution in [0.3, 0.4) is 0 Å². The number of hydrogen-bond donors (Lipinski definition) is 0. The highest BCUT2D eigenvalue weighted by Crippen LogP contribution is 2.30. The molecule has 0 aliphatic rings. The maximum atomic E-state index is 13.9. The summed E-state index contributed by atoms with van der Waals surface area (Å²) in [5.41, 5.74) is 1.26. The van der Waals surface area contributed by atoms with Gasteiger partial charge in [0.05, 0.1) is 5.69 Å². The fraction of sp³-hybridized carbons (Fsp3) is 0.143. The molecule has 2 aromatic carbocycles. The molecule has 0 amide bonds. The average molecular weight is 376 g/mol. The maximum absolute atomic E-state index is 13.9. The van der Waals surface area contributed by atoms with Crippen LogP contribution < -0.4 is 4.31 Å². The molecule has 7 heteroatoms. The Balaban J connectivity index is 2.57. The standard InChI is InChI=1S/C14H12BrF2NO2S/c1-9-4-3-5-11(6-9)18(2)21(19,20)14-12(15)7-10(16)8-13(14)17/h3-8H,1-2H3. The number of hydrogen-bond acceptors (Lipinski definition) is 2. The molecule has 0 atom stereocenters.